The maximum atomic E-state index is 11.9. The van der Waals surface area contributed by atoms with Gasteiger partial charge in [0.15, 0.2) is 5.13 Å². The molecule has 3 rings (SSSR count). The van der Waals surface area contributed by atoms with Crippen LogP contribution >= 0.6 is 11.3 Å². The molecule has 0 saturated heterocycles. The lowest BCUT2D eigenvalue weighted by atomic mass is 10.0. The molecule has 1 aliphatic carbocycles. The van der Waals surface area contributed by atoms with Crippen LogP contribution in [0.4, 0.5) is 5.13 Å². The number of aryl methyl sites for hydroxylation is 3. The summed E-state index contributed by atoms with van der Waals surface area (Å²) in [6.07, 6.45) is 4.90. The van der Waals surface area contributed by atoms with E-state index in [9.17, 15) is 4.79 Å². The largest absolute Gasteiger partial charge is 0.493 e. The minimum atomic E-state index is -0.0433. The highest BCUT2D eigenvalue weighted by Gasteiger charge is 2.16. The number of nitrogens with zero attached hydrogens (tertiary/aromatic N) is 1. The number of anilines is 1. The Hall–Kier alpha value is -1.88. The van der Waals surface area contributed by atoms with Crippen molar-refractivity contribution < 1.29 is 9.53 Å². The summed E-state index contributed by atoms with van der Waals surface area (Å²) in [5, 5.41) is 3.61. The van der Waals surface area contributed by atoms with Crippen molar-refractivity contribution in [3.05, 3.63) is 40.4 Å². The van der Waals surface area contributed by atoms with Gasteiger partial charge in [0, 0.05) is 4.88 Å². The first-order chi connectivity index (χ1) is 10.7. The number of rotatable bonds is 5. The van der Waals surface area contributed by atoms with Gasteiger partial charge >= 0.3 is 0 Å². The van der Waals surface area contributed by atoms with E-state index in [0.29, 0.717) is 13.0 Å². The van der Waals surface area contributed by atoms with Crippen LogP contribution in [0.25, 0.3) is 0 Å². The lowest BCUT2D eigenvalue weighted by molar-refractivity contribution is -0.116. The molecule has 1 N–H and O–H groups in total. The number of benzene rings is 1. The van der Waals surface area contributed by atoms with Gasteiger partial charge in [0.05, 0.1) is 18.7 Å². The second-order valence-corrected chi connectivity index (χ2v) is 6.64. The van der Waals surface area contributed by atoms with E-state index < -0.39 is 0 Å². The Labute approximate surface area is 134 Å². The molecule has 22 heavy (non-hydrogen) atoms. The maximum Gasteiger partial charge on any atom is 0.229 e. The molecule has 4 nitrogen and oxygen atoms in total. The number of carbonyl (C=O) groups is 1. The number of hydrogen-bond donors (Lipinski definition) is 1. The van der Waals surface area contributed by atoms with Crippen LogP contribution in [0.1, 0.15) is 35.4 Å². The summed E-state index contributed by atoms with van der Waals surface area (Å²) in [4.78, 5) is 17.8. The van der Waals surface area contributed by atoms with Crippen LogP contribution in [0.15, 0.2) is 24.3 Å². The normalized spacial score (nSPS) is 13.5. The summed E-state index contributed by atoms with van der Waals surface area (Å²) in [5.74, 6) is 0.751. The van der Waals surface area contributed by atoms with Crippen molar-refractivity contribution in [1.82, 2.24) is 4.98 Å². The maximum absolute atomic E-state index is 11.9. The highest BCUT2D eigenvalue weighted by Crippen LogP contribution is 2.29. The molecule has 2 aromatic rings. The van der Waals surface area contributed by atoms with Crippen molar-refractivity contribution in [1.29, 1.82) is 0 Å². The van der Waals surface area contributed by atoms with E-state index in [0.717, 1.165) is 23.7 Å². The van der Waals surface area contributed by atoms with E-state index in [1.807, 2.05) is 31.2 Å². The van der Waals surface area contributed by atoms with Crippen LogP contribution in [0.2, 0.25) is 0 Å². The lowest BCUT2D eigenvalue weighted by Crippen LogP contribution is -2.15. The summed E-state index contributed by atoms with van der Waals surface area (Å²) in [7, 11) is 0. The van der Waals surface area contributed by atoms with Crippen molar-refractivity contribution in [2.45, 2.75) is 39.0 Å². The van der Waals surface area contributed by atoms with Gasteiger partial charge in [-0.1, -0.05) is 17.7 Å². The number of hydrogen-bond acceptors (Lipinski definition) is 4. The third-order valence-corrected chi connectivity index (χ3v) is 4.78. The number of carbonyl (C=O) groups excluding carboxylic acids is 1. The Bertz CT molecular complexity index is 626. The molecule has 0 spiro atoms. The molecule has 1 aromatic heterocycles. The molecule has 0 saturated carbocycles. The first-order valence-corrected chi connectivity index (χ1v) is 8.50. The Morgan fingerprint density at radius 1 is 1.27 bits per heavy atom. The van der Waals surface area contributed by atoms with E-state index in [1.54, 1.807) is 11.3 Å². The van der Waals surface area contributed by atoms with Crippen LogP contribution in [0.5, 0.6) is 5.75 Å². The molecule has 0 fully saturated rings. The summed E-state index contributed by atoms with van der Waals surface area (Å²) in [6.45, 7) is 2.41. The fraction of sp³-hybridized carbons (Fsp3) is 0.412. The molecule has 1 amide bonds. The molecule has 1 heterocycles. The van der Waals surface area contributed by atoms with Gasteiger partial charge in [-0.3, -0.25) is 4.79 Å². The zero-order valence-electron chi connectivity index (χ0n) is 12.7. The SMILES string of the molecule is Cc1ccc(OCCC(=O)Nc2nc3c(s2)CCCC3)cc1. The van der Waals surface area contributed by atoms with Gasteiger partial charge in [0.25, 0.3) is 0 Å². The van der Waals surface area contributed by atoms with Crippen LogP contribution in [-0.2, 0) is 17.6 Å². The number of fused-ring (bicyclic) bond motifs is 1. The van der Waals surface area contributed by atoms with Crippen molar-refractivity contribution in [3.8, 4) is 5.75 Å². The van der Waals surface area contributed by atoms with E-state index in [4.69, 9.17) is 4.74 Å². The van der Waals surface area contributed by atoms with Crippen molar-refractivity contribution in [3.63, 3.8) is 0 Å². The third kappa shape index (κ3) is 3.85. The van der Waals surface area contributed by atoms with Gasteiger partial charge in [-0.15, -0.1) is 11.3 Å². The van der Waals surface area contributed by atoms with Gasteiger partial charge in [0.2, 0.25) is 5.91 Å². The van der Waals surface area contributed by atoms with Crippen molar-refractivity contribution in [2.24, 2.45) is 0 Å². The molecule has 0 radical (unpaired) electrons. The number of ether oxygens (including phenoxy) is 1. The van der Waals surface area contributed by atoms with Gasteiger partial charge in [-0.2, -0.15) is 0 Å². The van der Waals surface area contributed by atoms with Gasteiger partial charge in [-0.25, -0.2) is 4.98 Å². The molecule has 0 atom stereocenters. The quantitative estimate of drug-likeness (QED) is 0.914. The summed E-state index contributed by atoms with van der Waals surface area (Å²) < 4.78 is 5.57. The Morgan fingerprint density at radius 3 is 2.82 bits per heavy atom. The summed E-state index contributed by atoms with van der Waals surface area (Å²) >= 11 is 1.61. The van der Waals surface area contributed by atoms with Crippen LogP contribution < -0.4 is 10.1 Å². The van der Waals surface area contributed by atoms with E-state index in [-0.39, 0.29) is 5.91 Å². The molecule has 1 aromatic carbocycles. The number of thiazole rings is 1. The first-order valence-electron chi connectivity index (χ1n) is 7.68. The zero-order valence-corrected chi connectivity index (χ0v) is 13.5. The number of aromatic nitrogens is 1. The average molecular weight is 316 g/mol. The van der Waals surface area contributed by atoms with E-state index in [1.165, 1.54) is 29.0 Å². The molecule has 0 aliphatic heterocycles. The first kappa shape index (κ1) is 15.0. The fourth-order valence-corrected chi connectivity index (χ4v) is 3.55. The molecule has 0 unspecified atom stereocenters. The Balaban J connectivity index is 1.46. The molecule has 116 valence electrons. The smallest absolute Gasteiger partial charge is 0.229 e. The van der Waals surface area contributed by atoms with Crippen LogP contribution in [0.3, 0.4) is 0 Å². The molecular formula is C17H20N2O2S. The predicted molar refractivity (Wildman–Crippen MR) is 88.7 cm³/mol. The Morgan fingerprint density at radius 2 is 2.05 bits per heavy atom. The minimum absolute atomic E-state index is 0.0433. The van der Waals surface area contributed by atoms with E-state index >= 15 is 0 Å². The number of nitrogens with one attached hydrogen (secondary N) is 1. The van der Waals surface area contributed by atoms with Crippen LogP contribution in [0, 0.1) is 6.92 Å². The predicted octanol–water partition coefficient (Wildman–Crippen LogP) is 3.74. The monoisotopic (exact) mass is 316 g/mol. The van der Waals surface area contributed by atoms with E-state index in [2.05, 4.69) is 10.3 Å². The second kappa shape index (κ2) is 6.92. The van der Waals surface area contributed by atoms with Gasteiger partial charge < -0.3 is 10.1 Å². The van der Waals surface area contributed by atoms with Crippen LogP contribution in [-0.4, -0.2) is 17.5 Å². The Kier molecular flexibility index (Phi) is 4.73. The fourth-order valence-electron chi connectivity index (χ4n) is 2.48. The molecular weight excluding hydrogens is 296 g/mol. The minimum Gasteiger partial charge on any atom is -0.493 e. The van der Waals surface area contributed by atoms with Gasteiger partial charge in [0.1, 0.15) is 5.75 Å². The summed E-state index contributed by atoms with van der Waals surface area (Å²) in [6, 6.07) is 7.83. The van der Waals surface area contributed by atoms with Crippen molar-refractivity contribution in [2.75, 3.05) is 11.9 Å². The highest BCUT2D eigenvalue weighted by molar-refractivity contribution is 7.15. The molecule has 1 aliphatic rings. The lowest BCUT2D eigenvalue weighted by Gasteiger charge is -2.06. The van der Waals surface area contributed by atoms with Gasteiger partial charge in [-0.05, 0) is 44.7 Å². The third-order valence-electron chi connectivity index (χ3n) is 3.71. The topological polar surface area (TPSA) is 51.2 Å². The summed E-state index contributed by atoms with van der Waals surface area (Å²) in [5.41, 5.74) is 2.36. The molecule has 0 bridgehead atoms. The standard InChI is InChI=1S/C17H20N2O2S/c1-12-6-8-13(9-7-12)21-11-10-16(20)19-17-18-14-4-2-3-5-15(14)22-17/h6-9H,2-5,10-11H2,1H3,(H,18,19,20). The average Bonchev–Trinajstić information content (AvgIpc) is 2.91. The highest BCUT2D eigenvalue weighted by atomic mass is 32.1. The van der Waals surface area contributed by atoms with Crippen molar-refractivity contribution >= 4 is 22.4 Å². The molecule has 5 heteroatoms. The zero-order chi connectivity index (χ0) is 15.4. The second-order valence-electron chi connectivity index (χ2n) is 5.56. The number of amides is 1.